The van der Waals surface area contributed by atoms with E-state index in [0.29, 0.717) is 0 Å². The van der Waals surface area contributed by atoms with E-state index in [1.54, 1.807) is 12.4 Å². The summed E-state index contributed by atoms with van der Waals surface area (Å²) in [7, 11) is 0. The van der Waals surface area contributed by atoms with Gasteiger partial charge < -0.3 is 5.32 Å². The van der Waals surface area contributed by atoms with Gasteiger partial charge in [0, 0.05) is 11.6 Å². The monoisotopic (exact) mass is 278 g/mol. The van der Waals surface area contributed by atoms with Gasteiger partial charge in [-0.1, -0.05) is 24.3 Å². The number of rotatable bonds is 3. The molecular formula is C17H18N4. The summed E-state index contributed by atoms with van der Waals surface area (Å²) >= 11 is 0. The molecule has 3 aromatic rings. The van der Waals surface area contributed by atoms with Gasteiger partial charge in [0.25, 0.3) is 0 Å². The lowest BCUT2D eigenvalue weighted by atomic mass is 10.0. The van der Waals surface area contributed by atoms with Gasteiger partial charge in [-0.05, 0) is 38.0 Å². The molecule has 0 saturated carbocycles. The van der Waals surface area contributed by atoms with E-state index in [-0.39, 0.29) is 6.04 Å². The predicted molar refractivity (Wildman–Crippen MR) is 85.3 cm³/mol. The second-order valence-electron chi connectivity index (χ2n) is 5.23. The Bertz CT molecular complexity index is 783. The van der Waals surface area contributed by atoms with E-state index >= 15 is 0 Å². The lowest BCUT2D eigenvalue weighted by Crippen LogP contribution is -2.10. The van der Waals surface area contributed by atoms with Crippen molar-refractivity contribution in [3.63, 3.8) is 0 Å². The molecule has 21 heavy (non-hydrogen) atoms. The molecule has 0 aliphatic rings. The van der Waals surface area contributed by atoms with Crippen molar-refractivity contribution in [1.82, 2.24) is 15.0 Å². The number of nitrogens with zero attached hydrogens (tertiary/aromatic N) is 3. The van der Waals surface area contributed by atoms with Crippen LogP contribution < -0.4 is 5.32 Å². The molecule has 0 aliphatic heterocycles. The molecular weight excluding hydrogens is 260 g/mol. The van der Waals surface area contributed by atoms with Gasteiger partial charge in [-0.3, -0.25) is 4.98 Å². The first kappa shape index (κ1) is 13.5. The zero-order chi connectivity index (χ0) is 14.8. The van der Waals surface area contributed by atoms with E-state index < -0.39 is 0 Å². The van der Waals surface area contributed by atoms with Crippen molar-refractivity contribution in [2.24, 2.45) is 0 Å². The number of hydrogen-bond acceptors (Lipinski definition) is 4. The molecule has 0 bridgehead atoms. The highest BCUT2D eigenvalue weighted by molar-refractivity contribution is 5.88. The third kappa shape index (κ3) is 2.70. The lowest BCUT2D eigenvalue weighted by molar-refractivity contribution is 0.862. The van der Waals surface area contributed by atoms with Crippen LogP contribution in [0.25, 0.3) is 10.9 Å². The lowest BCUT2D eigenvalue weighted by Gasteiger charge is -2.18. The minimum absolute atomic E-state index is 0.178. The number of nitrogens with one attached hydrogen (secondary N) is 1. The largest absolute Gasteiger partial charge is 0.363 e. The number of hydrogen-bond donors (Lipinski definition) is 1. The minimum Gasteiger partial charge on any atom is -0.363 e. The van der Waals surface area contributed by atoms with Gasteiger partial charge >= 0.3 is 0 Å². The molecule has 1 aromatic carbocycles. The van der Waals surface area contributed by atoms with Gasteiger partial charge in [-0.15, -0.1) is 0 Å². The molecule has 1 N–H and O–H groups in total. The van der Waals surface area contributed by atoms with E-state index in [2.05, 4.69) is 58.4 Å². The van der Waals surface area contributed by atoms with E-state index in [0.717, 1.165) is 22.5 Å². The van der Waals surface area contributed by atoms with Gasteiger partial charge in [0.05, 0.1) is 17.8 Å². The van der Waals surface area contributed by atoms with Gasteiger partial charge in [0.1, 0.15) is 11.6 Å². The van der Waals surface area contributed by atoms with E-state index in [1.165, 1.54) is 11.1 Å². The van der Waals surface area contributed by atoms with Crippen LogP contribution in [0.1, 0.15) is 29.9 Å². The second kappa shape index (κ2) is 5.48. The highest BCUT2D eigenvalue weighted by Gasteiger charge is 2.11. The SMILES string of the molecule is Cc1nc(N[C@H](C)c2ccccc2C)c2ccncc2n1. The minimum atomic E-state index is 0.178. The Morgan fingerprint density at radius 1 is 1.05 bits per heavy atom. The molecule has 4 nitrogen and oxygen atoms in total. The van der Waals surface area contributed by atoms with Crippen molar-refractivity contribution in [2.75, 3.05) is 5.32 Å². The van der Waals surface area contributed by atoms with E-state index in [9.17, 15) is 0 Å². The van der Waals surface area contributed by atoms with Gasteiger partial charge in [-0.25, -0.2) is 9.97 Å². The fourth-order valence-electron chi connectivity index (χ4n) is 2.56. The van der Waals surface area contributed by atoms with Crippen LogP contribution in [0, 0.1) is 13.8 Å². The molecule has 3 rings (SSSR count). The molecule has 0 saturated heterocycles. The van der Waals surface area contributed by atoms with Crippen molar-refractivity contribution < 1.29 is 0 Å². The fraction of sp³-hybridized carbons (Fsp3) is 0.235. The van der Waals surface area contributed by atoms with Crippen molar-refractivity contribution in [3.05, 3.63) is 59.7 Å². The first-order valence-electron chi connectivity index (χ1n) is 7.05. The van der Waals surface area contributed by atoms with Crippen LogP contribution in [0.5, 0.6) is 0 Å². The predicted octanol–water partition coefficient (Wildman–Crippen LogP) is 3.81. The number of fused-ring (bicyclic) bond motifs is 1. The van der Waals surface area contributed by atoms with Gasteiger partial charge in [-0.2, -0.15) is 0 Å². The third-order valence-electron chi connectivity index (χ3n) is 3.62. The molecule has 0 spiro atoms. The Labute approximate surface area is 124 Å². The standard InChI is InChI=1S/C17H18N4/c1-11-6-4-5-7-14(11)12(2)19-17-15-8-9-18-10-16(15)20-13(3)21-17/h4-10,12H,1-3H3,(H,19,20,21)/t12-/m1/s1. The summed E-state index contributed by atoms with van der Waals surface area (Å²) in [5, 5.41) is 4.50. The Kier molecular flexibility index (Phi) is 3.52. The van der Waals surface area contributed by atoms with Crippen molar-refractivity contribution in [1.29, 1.82) is 0 Å². The number of anilines is 1. The summed E-state index contributed by atoms with van der Waals surface area (Å²) in [5.41, 5.74) is 3.41. The maximum atomic E-state index is 4.55. The Balaban J connectivity index is 2.00. The molecule has 0 radical (unpaired) electrons. The summed E-state index contributed by atoms with van der Waals surface area (Å²) in [5.74, 6) is 1.60. The highest BCUT2D eigenvalue weighted by Crippen LogP contribution is 2.25. The average Bonchev–Trinajstić information content (AvgIpc) is 2.47. The summed E-state index contributed by atoms with van der Waals surface area (Å²) in [6, 6.07) is 10.5. The normalized spacial score (nSPS) is 12.3. The zero-order valence-electron chi connectivity index (χ0n) is 12.5. The third-order valence-corrected chi connectivity index (χ3v) is 3.62. The summed E-state index contributed by atoms with van der Waals surface area (Å²) in [6.07, 6.45) is 3.54. The number of benzene rings is 1. The molecule has 0 amide bonds. The maximum Gasteiger partial charge on any atom is 0.138 e. The van der Waals surface area contributed by atoms with Crippen LogP contribution in [0.3, 0.4) is 0 Å². The molecule has 0 fully saturated rings. The quantitative estimate of drug-likeness (QED) is 0.791. The van der Waals surface area contributed by atoms with Crippen LogP contribution in [0.4, 0.5) is 5.82 Å². The molecule has 0 aliphatic carbocycles. The van der Waals surface area contributed by atoms with Crippen LogP contribution in [-0.4, -0.2) is 15.0 Å². The number of pyridine rings is 1. The topological polar surface area (TPSA) is 50.7 Å². The van der Waals surface area contributed by atoms with Crippen molar-refractivity contribution >= 4 is 16.7 Å². The molecule has 1 atom stereocenters. The Morgan fingerprint density at radius 2 is 1.86 bits per heavy atom. The Morgan fingerprint density at radius 3 is 2.67 bits per heavy atom. The van der Waals surface area contributed by atoms with E-state index in [4.69, 9.17) is 0 Å². The van der Waals surface area contributed by atoms with Crippen LogP contribution in [0.2, 0.25) is 0 Å². The van der Waals surface area contributed by atoms with Crippen molar-refractivity contribution in [3.8, 4) is 0 Å². The fourth-order valence-corrected chi connectivity index (χ4v) is 2.56. The average molecular weight is 278 g/mol. The maximum absolute atomic E-state index is 4.55. The first-order chi connectivity index (χ1) is 10.1. The Hall–Kier alpha value is -2.49. The molecule has 4 heteroatoms. The highest BCUT2D eigenvalue weighted by atomic mass is 15.0. The van der Waals surface area contributed by atoms with Gasteiger partial charge in [0.15, 0.2) is 0 Å². The molecule has 2 aromatic heterocycles. The summed E-state index contributed by atoms with van der Waals surface area (Å²) in [6.45, 7) is 6.17. The number of aromatic nitrogens is 3. The summed E-state index contributed by atoms with van der Waals surface area (Å²) in [4.78, 5) is 13.1. The summed E-state index contributed by atoms with van der Waals surface area (Å²) < 4.78 is 0. The van der Waals surface area contributed by atoms with Crippen LogP contribution >= 0.6 is 0 Å². The molecule has 0 unspecified atom stereocenters. The van der Waals surface area contributed by atoms with E-state index in [1.807, 2.05) is 13.0 Å². The second-order valence-corrected chi connectivity index (χ2v) is 5.23. The molecule has 2 heterocycles. The first-order valence-corrected chi connectivity index (χ1v) is 7.05. The van der Waals surface area contributed by atoms with Crippen LogP contribution in [-0.2, 0) is 0 Å². The number of aryl methyl sites for hydroxylation is 2. The smallest absolute Gasteiger partial charge is 0.138 e. The molecule has 106 valence electrons. The van der Waals surface area contributed by atoms with Crippen LogP contribution in [0.15, 0.2) is 42.7 Å². The zero-order valence-corrected chi connectivity index (χ0v) is 12.5. The van der Waals surface area contributed by atoms with Crippen molar-refractivity contribution in [2.45, 2.75) is 26.8 Å². The van der Waals surface area contributed by atoms with Gasteiger partial charge in [0.2, 0.25) is 0 Å².